The molecule has 0 fully saturated rings. The highest BCUT2D eigenvalue weighted by molar-refractivity contribution is 8.02. The van der Waals surface area contributed by atoms with Crippen LogP contribution in [-0.2, 0) is 9.59 Å². The number of aromatic hydroxyl groups is 2. The molecule has 0 spiro atoms. The number of ether oxygens (including phenoxy) is 1. The van der Waals surface area contributed by atoms with Gasteiger partial charge in [0, 0.05) is 44.9 Å². The number of fused-ring (bicyclic) bond motifs is 2. The predicted octanol–water partition coefficient (Wildman–Crippen LogP) is 10.5. The van der Waals surface area contributed by atoms with E-state index in [0.717, 1.165) is 58.2 Å². The lowest BCUT2D eigenvalue weighted by molar-refractivity contribution is -0.132. The van der Waals surface area contributed by atoms with Gasteiger partial charge in [-0.25, -0.2) is 9.59 Å². The highest BCUT2D eigenvalue weighted by atomic mass is 32.2. The molecule has 0 aliphatic heterocycles. The van der Waals surface area contributed by atoms with Crippen LogP contribution in [0.2, 0.25) is 0 Å². The van der Waals surface area contributed by atoms with E-state index >= 15 is 0 Å². The summed E-state index contributed by atoms with van der Waals surface area (Å²) in [6.45, 7) is 8.89. The maximum absolute atomic E-state index is 12.9. The van der Waals surface area contributed by atoms with Gasteiger partial charge in [-0.05, 0) is 103 Å². The van der Waals surface area contributed by atoms with E-state index in [0.29, 0.717) is 39.4 Å². The number of carboxylic acid groups (broad SMARTS) is 2. The summed E-state index contributed by atoms with van der Waals surface area (Å²) in [6.07, 6.45) is 3.57. The molecule has 314 valence electrons. The summed E-state index contributed by atoms with van der Waals surface area (Å²) in [7, 11) is 0. The van der Waals surface area contributed by atoms with Crippen LogP contribution in [0.25, 0.3) is 21.5 Å². The number of thioether (sulfide) groups is 2. The number of hydrogen-bond donors (Lipinski definition) is 6. The summed E-state index contributed by atoms with van der Waals surface area (Å²) in [5, 5.41) is 50.1. The molecule has 0 bridgehead atoms. The number of benzene rings is 6. The van der Waals surface area contributed by atoms with Gasteiger partial charge in [-0.2, -0.15) is 0 Å². The summed E-state index contributed by atoms with van der Waals surface area (Å²) in [5.74, 6) is -2.24. The van der Waals surface area contributed by atoms with Crippen molar-refractivity contribution in [2.45, 2.75) is 50.3 Å². The number of unbranched alkanes of at least 4 members (excludes halogenated alkanes) is 1. The van der Waals surface area contributed by atoms with Crippen LogP contribution in [0.4, 0.5) is 5.69 Å². The molecule has 0 radical (unpaired) electrons. The van der Waals surface area contributed by atoms with Crippen LogP contribution in [0, 0.1) is 27.7 Å². The molecule has 2 amide bonds. The number of phenolic OH excluding ortho intramolecular Hbond substituents is 2. The normalized spacial score (nSPS) is 11.1. The van der Waals surface area contributed by atoms with Crippen molar-refractivity contribution in [2.24, 2.45) is 0 Å². The lowest BCUT2D eigenvalue weighted by Gasteiger charge is -2.13. The van der Waals surface area contributed by atoms with Crippen LogP contribution in [0.15, 0.2) is 130 Å². The van der Waals surface area contributed by atoms with E-state index < -0.39 is 17.8 Å². The van der Waals surface area contributed by atoms with Crippen molar-refractivity contribution >= 4 is 74.5 Å². The highest BCUT2D eigenvalue weighted by Crippen LogP contribution is 2.38. The van der Waals surface area contributed by atoms with Crippen LogP contribution in [0.1, 0.15) is 55.8 Å². The fourth-order valence-corrected chi connectivity index (χ4v) is 7.90. The van der Waals surface area contributed by atoms with Crippen molar-refractivity contribution in [1.82, 2.24) is 5.32 Å². The molecule has 0 aliphatic carbocycles. The van der Waals surface area contributed by atoms with Gasteiger partial charge in [-0.15, -0.1) is 0 Å². The Morgan fingerprint density at radius 1 is 0.607 bits per heavy atom. The summed E-state index contributed by atoms with van der Waals surface area (Å²) in [5.41, 5.74) is 5.19. The summed E-state index contributed by atoms with van der Waals surface area (Å²) >= 11 is 2.36. The third kappa shape index (κ3) is 12.4. The van der Waals surface area contributed by atoms with Crippen molar-refractivity contribution in [3.63, 3.8) is 0 Å². The first kappa shape index (κ1) is 45.4. The second-order valence-electron chi connectivity index (χ2n) is 14.0. The third-order valence-corrected chi connectivity index (χ3v) is 11.1. The summed E-state index contributed by atoms with van der Waals surface area (Å²) in [6, 6.07) is 29.3. The maximum Gasteiger partial charge on any atom is 0.328 e. The van der Waals surface area contributed by atoms with E-state index in [1.54, 1.807) is 36.4 Å². The second kappa shape index (κ2) is 21.5. The molecule has 0 aromatic heterocycles. The highest BCUT2D eigenvalue weighted by Gasteiger charge is 2.19. The average Bonchev–Trinajstić information content (AvgIpc) is 3.23. The zero-order valence-electron chi connectivity index (χ0n) is 34.0. The number of carbonyl (C=O) groups is 4. The largest absolute Gasteiger partial charge is 0.506 e. The zero-order chi connectivity index (χ0) is 44.1. The molecule has 0 heterocycles. The van der Waals surface area contributed by atoms with Gasteiger partial charge in [0.1, 0.15) is 17.2 Å². The van der Waals surface area contributed by atoms with Gasteiger partial charge in [-0.1, -0.05) is 102 Å². The number of nitrogens with one attached hydrogen (secondary N) is 2. The molecule has 13 heteroatoms. The van der Waals surface area contributed by atoms with Crippen LogP contribution < -0.4 is 15.4 Å². The van der Waals surface area contributed by atoms with Crippen molar-refractivity contribution in [2.75, 3.05) is 18.5 Å². The minimum absolute atomic E-state index is 0.0900. The van der Waals surface area contributed by atoms with Gasteiger partial charge in [-0.3, -0.25) is 9.59 Å². The first-order valence-electron chi connectivity index (χ1n) is 19.2. The number of carbonyl (C=O) groups excluding carboxylic acids is 2. The quantitative estimate of drug-likeness (QED) is 0.0328. The van der Waals surface area contributed by atoms with Crippen molar-refractivity contribution in [1.29, 1.82) is 0 Å². The lowest BCUT2D eigenvalue weighted by Crippen LogP contribution is -2.25. The smallest absolute Gasteiger partial charge is 0.328 e. The van der Waals surface area contributed by atoms with E-state index in [9.17, 15) is 29.4 Å². The molecule has 0 saturated carbocycles. The molecule has 11 nitrogen and oxygen atoms in total. The number of anilines is 1. The monoisotopic (exact) mass is 858 g/mol. The predicted molar refractivity (Wildman–Crippen MR) is 243 cm³/mol. The van der Waals surface area contributed by atoms with E-state index in [-0.39, 0.29) is 28.5 Å². The molecular formula is C48H46N2O9S2. The molecule has 6 aromatic carbocycles. The first-order chi connectivity index (χ1) is 29.2. The van der Waals surface area contributed by atoms with E-state index in [1.165, 1.54) is 39.9 Å². The Bertz CT molecular complexity index is 2660. The van der Waals surface area contributed by atoms with Gasteiger partial charge in [0.05, 0.1) is 17.7 Å². The standard InChI is InChI=1S/C26H27NO5S.C22H19NO4S/c1-17-9-10-22(18(2)15-17)32-13-6-5-12-27-26(31)21-16-23(33-14-11-24(28)29)19-7-3-4-8-20(19)25(21)30;1-13-7-8-14(2)18(11-13)23-22(27)17-12-19(28-10-9-20(24)25)15-5-3-4-6-16(15)21(17)26/h3-4,7-11,14-16,30H,5-6,12-13H2,1-2H3,(H,27,31)(H,28,29);3-12,26H,1-2H3,(H,23,27)(H,24,25)/b14-11+;10-9+. The zero-order valence-corrected chi connectivity index (χ0v) is 35.7. The molecule has 6 N–H and O–H groups in total. The van der Waals surface area contributed by atoms with Gasteiger partial charge in [0.15, 0.2) is 0 Å². The molecule has 0 aliphatic rings. The van der Waals surface area contributed by atoms with Crippen LogP contribution in [0.5, 0.6) is 17.2 Å². The average molecular weight is 859 g/mol. The molecule has 0 saturated heterocycles. The van der Waals surface area contributed by atoms with Gasteiger partial charge in [0.2, 0.25) is 0 Å². The Morgan fingerprint density at radius 2 is 1.11 bits per heavy atom. The van der Waals surface area contributed by atoms with E-state index in [1.807, 2.05) is 82.3 Å². The maximum atomic E-state index is 12.9. The van der Waals surface area contributed by atoms with E-state index in [2.05, 4.69) is 16.7 Å². The summed E-state index contributed by atoms with van der Waals surface area (Å²) < 4.78 is 5.82. The number of hydrogen-bond acceptors (Lipinski definition) is 9. The molecule has 0 atom stereocenters. The second-order valence-corrected chi connectivity index (χ2v) is 15.9. The summed E-state index contributed by atoms with van der Waals surface area (Å²) in [4.78, 5) is 48.5. The lowest BCUT2D eigenvalue weighted by atomic mass is 10.0. The molecule has 6 rings (SSSR count). The fraction of sp³-hybridized carbons (Fsp3) is 0.167. The SMILES string of the molecule is Cc1ccc(C)c(NC(=O)c2cc(S/C=C/C(=O)O)c3ccccc3c2O)c1.Cc1ccc(OCCCCNC(=O)c2cc(S/C=C/C(=O)O)c3ccccc3c2O)c(C)c1. The topological polar surface area (TPSA) is 182 Å². The Labute approximate surface area is 362 Å². The van der Waals surface area contributed by atoms with Gasteiger partial charge < -0.3 is 35.8 Å². The van der Waals surface area contributed by atoms with Crippen molar-refractivity contribution in [3.8, 4) is 17.2 Å². The Hall–Kier alpha value is -6.70. The molecular weight excluding hydrogens is 813 g/mol. The molecule has 6 aromatic rings. The van der Waals surface area contributed by atoms with E-state index in [4.69, 9.17) is 14.9 Å². The molecule has 0 unspecified atom stereocenters. The van der Waals surface area contributed by atoms with Crippen molar-refractivity contribution in [3.05, 3.63) is 153 Å². The van der Waals surface area contributed by atoms with Crippen LogP contribution in [-0.4, -0.2) is 57.3 Å². The van der Waals surface area contributed by atoms with Crippen LogP contribution in [0.3, 0.4) is 0 Å². The number of amides is 2. The number of carboxylic acids is 2. The first-order valence-corrected chi connectivity index (χ1v) is 21.0. The third-order valence-electron chi connectivity index (χ3n) is 9.34. The van der Waals surface area contributed by atoms with Gasteiger partial charge in [0.25, 0.3) is 11.8 Å². The minimum Gasteiger partial charge on any atom is -0.506 e. The van der Waals surface area contributed by atoms with Crippen LogP contribution >= 0.6 is 23.5 Å². The molecule has 61 heavy (non-hydrogen) atoms. The fourth-order valence-electron chi connectivity index (χ4n) is 6.25. The number of rotatable bonds is 15. The Morgan fingerprint density at radius 3 is 1.66 bits per heavy atom. The number of aryl methyl sites for hydroxylation is 4. The minimum atomic E-state index is -1.05. The number of phenols is 2. The van der Waals surface area contributed by atoms with Crippen molar-refractivity contribution < 1.29 is 44.3 Å². The Balaban J connectivity index is 0.000000234. The Kier molecular flexibility index (Phi) is 16.0. The number of aliphatic carboxylic acids is 2. The van der Waals surface area contributed by atoms with Gasteiger partial charge >= 0.3 is 11.9 Å².